The van der Waals surface area contributed by atoms with E-state index in [1.54, 1.807) is 12.1 Å². The molecular formula is C15H24N2O2S. The van der Waals surface area contributed by atoms with E-state index in [-0.39, 0.29) is 0 Å². The van der Waals surface area contributed by atoms with Gasteiger partial charge in [-0.25, -0.2) is 8.42 Å². The first-order chi connectivity index (χ1) is 9.44. The molecular weight excluding hydrogens is 272 g/mol. The van der Waals surface area contributed by atoms with Crippen molar-refractivity contribution >= 4 is 15.7 Å². The third-order valence-corrected chi connectivity index (χ3v) is 3.64. The van der Waals surface area contributed by atoms with Crippen molar-refractivity contribution < 1.29 is 8.42 Å². The maximum Gasteiger partial charge on any atom is 0.229 e. The van der Waals surface area contributed by atoms with Gasteiger partial charge in [-0.15, -0.1) is 0 Å². The van der Waals surface area contributed by atoms with Crippen molar-refractivity contribution in [3.63, 3.8) is 0 Å². The number of sulfonamides is 1. The molecule has 4 nitrogen and oxygen atoms in total. The lowest BCUT2D eigenvalue weighted by atomic mass is 10.1. The molecule has 20 heavy (non-hydrogen) atoms. The summed E-state index contributed by atoms with van der Waals surface area (Å²) in [5.74, 6) is 0. The number of hydrogen-bond acceptors (Lipinski definition) is 3. The Morgan fingerprint density at radius 1 is 1.10 bits per heavy atom. The van der Waals surface area contributed by atoms with Gasteiger partial charge >= 0.3 is 0 Å². The monoisotopic (exact) mass is 296 g/mol. The Morgan fingerprint density at radius 3 is 2.20 bits per heavy atom. The van der Waals surface area contributed by atoms with Gasteiger partial charge in [0.2, 0.25) is 10.0 Å². The Morgan fingerprint density at radius 2 is 1.70 bits per heavy atom. The first-order valence-electron chi connectivity index (χ1n) is 6.88. The molecule has 0 atom stereocenters. The van der Waals surface area contributed by atoms with Crippen LogP contribution in [0.2, 0.25) is 0 Å². The van der Waals surface area contributed by atoms with E-state index in [9.17, 15) is 8.42 Å². The van der Waals surface area contributed by atoms with E-state index < -0.39 is 10.0 Å². The minimum absolute atomic E-state index is 0.600. The summed E-state index contributed by atoms with van der Waals surface area (Å²) in [7, 11) is -3.20. The number of rotatable bonds is 8. The third kappa shape index (κ3) is 6.73. The zero-order valence-corrected chi connectivity index (χ0v) is 13.3. The number of hydrogen-bond donors (Lipinski definition) is 1. The lowest BCUT2D eigenvalue weighted by Gasteiger charge is -2.14. The van der Waals surface area contributed by atoms with Crippen LogP contribution in [0.1, 0.15) is 19.4 Å². The highest BCUT2D eigenvalue weighted by Crippen LogP contribution is 2.11. The van der Waals surface area contributed by atoms with Crippen molar-refractivity contribution in [3.05, 3.63) is 42.0 Å². The summed E-state index contributed by atoms with van der Waals surface area (Å²) in [5, 5.41) is 0. The molecule has 0 aliphatic carbocycles. The van der Waals surface area contributed by atoms with Crippen LogP contribution in [-0.4, -0.2) is 39.2 Å². The normalized spacial score (nSPS) is 12.2. The smallest absolute Gasteiger partial charge is 0.229 e. The Kier molecular flexibility index (Phi) is 6.75. The van der Waals surface area contributed by atoms with Crippen LogP contribution in [0.5, 0.6) is 0 Å². The van der Waals surface area contributed by atoms with E-state index in [0.29, 0.717) is 5.69 Å². The van der Waals surface area contributed by atoms with E-state index >= 15 is 0 Å². The molecule has 112 valence electrons. The summed E-state index contributed by atoms with van der Waals surface area (Å²) in [6, 6.07) is 7.45. The van der Waals surface area contributed by atoms with Crippen LogP contribution in [0, 0.1) is 0 Å². The van der Waals surface area contributed by atoms with E-state index in [2.05, 4.69) is 35.6 Å². The SMILES string of the molecule is CCN(CC)CC=CCc1ccc(NS(C)(=O)=O)cc1. The molecule has 0 spiro atoms. The highest BCUT2D eigenvalue weighted by atomic mass is 32.2. The lowest BCUT2D eigenvalue weighted by Crippen LogP contribution is -2.22. The van der Waals surface area contributed by atoms with Gasteiger partial charge < -0.3 is 4.90 Å². The minimum atomic E-state index is -3.20. The second-order valence-electron chi connectivity index (χ2n) is 4.73. The Hall–Kier alpha value is -1.33. The van der Waals surface area contributed by atoms with Crippen molar-refractivity contribution in [3.8, 4) is 0 Å². The standard InChI is InChI=1S/C15H24N2O2S/c1-4-17(5-2)13-7-6-8-14-9-11-15(12-10-14)16-20(3,18)19/h6-7,9-12,16H,4-5,8,13H2,1-3H3. The van der Waals surface area contributed by atoms with Gasteiger partial charge in [-0.2, -0.15) is 0 Å². The molecule has 1 N–H and O–H groups in total. The molecule has 5 heteroatoms. The summed E-state index contributed by atoms with van der Waals surface area (Å²) in [5.41, 5.74) is 1.77. The van der Waals surface area contributed by atoms with Crippen molar-refractivity contribution in [2.75, 3.05) is 30.6 Å². The van der Waals surface area contributed by atoms with Crippen molar-refractivity contribution in [1.29, 1.82) is 0 Å². The van der Waals surface area contributed by atoms with Crippen LogP contribution in [-0.2, 0) is 16.4 Å². The number of likely N-dealkylation sites (N-methyl/N-ethyl adjacent to an activating group) is 1. The maximum absolute atomic E-state index is 11.1. The van der Waals surface area contributed by atoms with Gasteiger partial charge in [0.1, 0.15) is 0 Å². The number of benzene rings is 1. The molecule has 0 aliphatic heterocycles. The average molecular weight is 296 g/mol. The molecule has 0 heterocycles. The van der Waals surface area contributed by atoms with E-state index in [1.807, 2.05) is 12.1 Å². The Bertz CT molecular complexity index is 517. The Labute approximate surface area is 122 Å². The van der Waals surface area contributed by atoms with Crippen LogP contribution >= 0.6 is 0 Å². The molecule has 0 unspecified atom stereocenters. The molecule has 0 saturated heterocycles. The second kappa shape index (κ2) is 8.07. The van der Waals surface area contributed by atoms with E-state index in [4.69, 9.17) is 0 Å². The number of allylic oxidation sites excluding steroid dienone is 1. The molecule has 0 aromatic heterocycles. The highest BCUT2D eigenvalue weighted by Gasteiger charge is 2.00. The van der Waals surface area contributed by atoms with Gasteiger partial charge in [0.15, 0.2) is 0 Å². The molecule has 0 radical (unpaired) electrons. The largest absolute Gasteiger partial charge is 0.300 e. The first-order valence-corrected chi connectivity index (χ1v) is 8.77. The molecule has 0 saturated carbocycles. The van der Waals surface area contributed by atoms with Gasteiger partial charge in [0.25, 0.3) is 0 Å². The predicted molar refractivity (Wildman–Crippen MR) is 85.5 cm³/mol. The fraction of sp³-hybridized carbons (Fsp3) is 0.467. The number of nitrogens with one attached hydrogen (secondary N) is 1. The summed E-state index contributed by atoms with van der Waals surface area (Å²) in [6.45, 7) is 7.41. The molecule has 0 amide bonds. The molecule has 1 aromatic rings. The summed E-state index contributed by atoms with van der Waals surface area (Å²) >= 11 is 0. The topological polar surface area (TPSA) is 49.4 Å². The van der Waals surface area contributed by atoms with Crippen LogP contribution in [0.4, 0.5) is 5.69 Å². The summed E-state index contributed by atoms with van der Waals surface area (Å²) in [6.07, 6.45) is 6.34. The fourth-order valence-corrected chi connectivity index (χ4v) is 2.41. The van der Waals surface area contributed by atoms with Crippen LogP contribution < -0.4 is 4.72 Å². The van der Waals surface area contributed by atoms with Crippen molar-refractivity contribution in [2.24, 2.45) is 0 Å². The van der Waals surface area contributed by atoms with Gasteiger partial charge in [-0.05, 0) is 37.2 Å². The van der Waals surface area contributed by atoms with Gasteiger partial charge in [-0.1, -0.05) is 38.1 Å². The predicted octanol–water partition coefficient (Wildman–Crippen LogP) is 2.50. The quantitative estimate of drug-likeness (QED) is 0.750. The van der Waals surface area contributed by atoms with Gasteiger partial charge in [0, 0.05) is 12.2 Å². The third-order valence-electron chi connectivity index (χ3n) is 3.04. The van der Waals surface area contributed by atoms with Gasteiger partial charge in [0.05, 0.1) is 6.26 Å². The molecule has 0 aliphatic rings. The number of nitrogens with zero attached hydrogens (tertiary/aromatic N) is 1. The average Bonchev–Trinajstić information content (AvgIpc) is 2.39. The van der Waals surface area contributed by atoms with Crippen LogP contribution in [0.15, 0.2) is 36.4 Å². The van der Waals surface area contributed by atoms with Crippen LogP contribution in [0.3, 0.4) is 0 Å². The van der Waals surface area contributed by atoms with E-state index in [0.717, 1.165) is 32.3 Å². The van der Waals surface area contributed by atoms with Crippen molar-refractivity contribution in [1.82, 2.24) is 4.90 Å². The minimum Gasteiger partial charge on any atom is -0.300 e. The second-order valence-corrected chi connectivity index (χ2v) is 6.48. The summed E-state index contributed by atoms with van der Waals surface area (Å²) < 4.78 is 24.6. The van der Waals surface area contributed by atoms with Gasteiger partial charge in [-0.3, -0.25) is 4.72 Å². The number of anilines is 1. The fourth-order valence-electron chi connectivity index (χ4n) is 1.85. The zero-order valence-electron chi connectivity index (χ0n) is 12.5. The molecule has 1 rings (SSSR count). The summed E-state index contributed by atoms with van der Waals surface area (Å²) in [4.78, 5) is 2.34. The van der Waals surface area contributed by atoms with E-state index in [1.165, 1.54) is 5.56 Å². The van der Waals surface area contributed by atoms with Crippen molar-refractivity contribution in [2.45, 2.75) is 20.3 Å². The molecule has 1 aromatic carbocycles. The molecule has 0 fully saturated rings. The maximum atomic E-state index is 11.1. The first kappa shape index (κ1) is 16.7. The lowest BCUT2D eigenvalue weighted by molar-refractivity contribution is 0.337. The Balaban J connectivity index is 2.48. The molecule has 0 bridgehead atoms. The zero-order chi connectivity index (χ0) is 15.0. The van der Waals surface area contributed by atoms with Crippen LogP contribution in [0.25, 0.3) is 0 Å². The highest BCUT2D eigenvalue weighted by molar-refractivity contribution is 7.92.